The van der Waals surface area contributed by atoms with Crippen LogP contribution in [0.1, 0.15) is 18.1 Å². The molecule has 0 saturated heterocycles. The van der Waals surface area contributed by atoms with Crippen LogP contribution in [0.15, 0.2) is 60.2 Å². The highest BCUT2D eigenvalue weighted by Crippen LogP contribution is 2.38. The van der Waals surface area contributed by atoms with E-state index in [0.29, 0.717) is 34.4 Å². The van der Waals surface area contributed by atoms with E-state index in [0.717, 1.165) is 5.56 Å². The zero-order valence-electron chi connectivity index (χ0n) is 17.9. The van der Waals surface area contributed by atoms with Crippen LogP contribution in [0.25, 0.3) is 6.08 Å². The van der Waals surface area contributed by atoms with Gasteiger partial charge in [-0.25, -0.2) is 0 Å². The van der Waals surface area contributed by atoms with Gasteiger partial charge in [-0.2, -0.15) is 5.26 Å². The maximum Gasteiger partial charge on any atom is 0.266 e. The van der Waals surface area contributed by atoms with Gasteiger partial charge in [0.25, 0.3) is 5.91 Å². The van der Waals surface area contributed by atoms with Crippen LogP contribution in [0, 0.1) is 11.3 Å². The van der Waals surface area contributed by atoms with Gasteiger partial charge in [-0.15, -0.1) is 0 Å². The largest absolute Gasteiger partial charge is 0.490 e. The van der Waals surface area contributed by atoms with Crippen molar-refractivity contribution in [3.05, 3.63) is 91.4 Å². The Morgan fingerprint density at radius 3 is 2.44 bits per heavy atom. The number of hydrogen-bond donors (Lipinski definition) is 1. The Labute approximate surface area is 217 Å². The van der Waals surface area contributed by atoms with E-state index in [2.05, 4.69) is 5.32 Å². The summed E-state index contributed by atoms with van der Waals surface area (Å²) in [7, 11) is 0. The van der Waals surface area contributed by atoms with Crippen LogP contribution in [-0.2, 0) is 11.4 Å². The minimum Gasteiger partial charge on any atom is -0.490 e. The Bertz CT molecular complexity index is 1270. The number of amides is 1. The molecule has 0 radical (unpaired) electrons. The van der Waals surface area contributed by atoms with E-state index in [1.165, 1.54) is 6.08 Å². The predicted octanol–water partition coefficient (Wildman–Crippen LogP) is 7.82. The van der Waals surface area contributed by atoms with Crippen molar-refractivity contribution in [1.29, 1.82) is 5.26 Å². The van der Waals surface area contributed by atoms with Gasteiger partial charge in [0.15, 0.2) is 11.5 Å². The highest BCUT2D eigenvalue weighted by Gasteiger charge is 2.16. The molecule has 1 amide bonds. The average molecular weight is 536 g/mol. The van der Waals surface area contributed by atoms with Crippen molar-refractivity contribution in [2.24, 2.45) is 0 Å². The summed E-state index contributed by atoms with van der Waals surface area (Å²) in [6.07, 6.45) is 1.39. The summed E-state index contributed by atoms with van der Waals surface area (Å²) in [5.74, 6) is 0.0823. The van der Waals surface area contributed by atoms with Gasteiger partial charge >= 0.3 is 0 Å². The minimum atomic E-state index is -0.649. The van der Waals surface area contributed by atoms with Crippen molar-refractivity contribution in [3.63, 3.8) is 0 Å². The number of anilines is 1. The second-order valence-electron chi connectivity index (χ2n) is 6.90. The molecule has 0 aliphatic rings. The molecule has 0 heterocycles. The van der Waals surface area contributed by atoms with Crippen LogP contribution in [0.3, 0.4) is 0 Å². The van der Waals surface area contributed by atoms with Gasteiger partial charge in [-0.1, -0.05) is 64.6 Å². The fourth-order valence-corrected chi connectivity index (χ4v) is 3.66. The quantitative estimate of drug-likeness (QED) is 0.235. The Hall–Kier alpha value is -2.88. The predicted molar refractivity (Wildman–Crippen MR) is 137 cm³/mol. The Morgan fingerprint density at radius 1 is 1.03 bits per heavy atom. The van der Waals surface area contributed by atoms with Crippen molar-refractivity contribution in [3.8, 4) is 17.6 Å². The van der Waals surface area contributed by atoms with E-state index < -0.39 is 5.91 Å². The molecular weight excluding hydrogens is 518 g/mol. The fraction of sp³-hybridized carbons (Fsp3) is 0.120. The fourth-order valence-electron chi connectivity index (χ4n) is 2.92. The molecule has 174 valence electrons. The number of hydrogen-bond acceptors (Lipinski definition) is 4. The maximum absolute atomic E-state index is 12.7. The zero-order valence-corrected chi connectivity index (χ0v) is 20.9. The van der Waals surface area contributed by atoms with Gasteiger partial charge in [0.1, 0.15) is 18.2 Å². The van der Waals surface area contributed by atoms with Crippen molar-refractivity contribution in [2.75, 3.05) is 11.9 Å². The molecular formula is C25H18Cl4N2O3. The second-order valence-corrected chi connectivity index (χ2v) is 8.53. The van der Waals surface area contributed by atoms with Crippen molar-refractivity contribution in [2.45, 2.75) is 13.5 Å². The number of nitrogens with zero attached hydrogens (tertiary/aromatic N) is 1. The molecule has 3 aromatic rings. The molecule has 3 rings (SSSR count). The molecule has 1 N–H and O–H groups in total. The van der Waals surface area contributed by atoms with Crippen LogP contribution in [0.5, 0.6) is 11.5 Å². The summed E-state index contributed by atoms with van der Waals surface area (Å²) in [6, 6.07) is 17.1. The molecule has 0 unspecified atom stereocenters. The Balaban J connectivity index is 1.86. The summed E-state index contributed by atoms with van der Waals surface area (Å²) in [6.45, 7) is 2.43. The average Bonchev–Trinajstić information content (AvgIpc) is 2.81. The van der Waals surface area contributed by atoms with Gasteiger partial charge in [0.05, 0.1) is 27.4 Å². The van der Waals surface area contributed by atoms with Gasteiger partial charge in [0.2, 0.25) is 0 Å². The second kappa shape index (κ2) is 12.0. The third-order valence-corrected chi connectivity index (χ3v) is 5.86. The standard InChI is InChI=1S/C25H18Cl4N2O3/c1-2-33-22-12-16(11-20(28)24(22)34-14-15-6-8-18(26)9-7-15)10-17(13-30)25(32)31-21-5-3-4-19(27)23(21)29/h3-12H,2,14H2,1H3,(H,31,32)/b17-10-. The number of nitrogens with one attached hydrogen (secondary N) is 1. The van der Waals surface area contributed by atoms with E-state index in [-0.39, 0.29) is 27.2 Å². The Morgan fingerprint density at radius 2 is 1.76 bits per heavy atom. The number of carbonyl (C=O) groups excluding carboxylic acids is 1. The third kappa shape index (κ3) is 6.59. The molecule has 5 nitrogen and oxygen atoms in total. The molecule has 0 saturated carbocycles. The molecule has 0 aliphatic carbocycles. The van der Waals surface area contributed by atoms with Gasteiger partial charge < -0.3 is 14.8 Å². The first-order chi connectivity index (χ1) is 16.3. The maximum atomic E-state index is 12.7. The lowest BCUT2D eigenvalue weighted by Gasteiger charge is -2.15. The topological polar surface area (TPSA) is 71.3 Å². The smallest absolute Gasteiger partial charge is 0.266 e. The van der Waals surface area contributed by atoms with Crippen molar-refractivity contribution in [1.82, 2.24) is 0 Å². The summed E-state index contributed by atoms with van der Waals surface area (Å²) < 4.78 is 11.6. The summed E-state index contributed by atoms with van der Waals surface area (Å²) in [5, 5.41) is 13.5. The van der Waals surface area contributed by atoms with Gasteiger partial charge in [-0.05, 0) is 60.5 Å². The van der Waals surface area contributed by atoms with Crippen LogP contribution < -0.4 is 14.8 Å². The normalized spacial score (nSPS) is 11.0. The molecule has 0 spiro atoms. The van der Waals surface area contributed by atoms with Crippen LogP contribution in [-0.4, -0.2) is 12.5 Å². The number of benzene rings is 3. The number of halogens is 4. The van der Waals surface area contributed by atoms with Crippen LogP contribution in [0.4, 0.5) is 5.69 Å². The lowest BCUT2D eigenvalue weighted by Crippen LogP contribution is -2.13. The summed E-state index contributed by atoms with van der Waals surface area (Å²) in [5.41, 5.74) is 1.51. The molecule has 0 bridgehead atoms. The van der Waals surface area contributed by atoms with E-state index >= 15 is 0 Å². The highest BCUT2D eigenvalue weighted by molar-refractivity contribution is 6.44. The molecule has 0 aliphatic heterocycles. The lowest BCUT2D eigenvalue weighted by atomic mass is 10.1. The van der Waals surface area contributed by atoms with Gasteiger partial charge in [0, 0.05) is 5.02 Å². The molecule has 0 atom stereocenters. The lowest BCUT2D eigenvalue weighted by molar-refractivity contribution is -0.112. The summed E-state index contributed by atoms with van der Waals surface area (Å²) in [4.78, 5) is 12.7. The number of carbonyl (C=O) groups is 1. The molecule has 9 heteroatoms. The molecule has 0 aromatic heterocycles. The zero-order chi connectivity index (χ0) is 24.7. The molecule has 0 fully saturated rings. The SMILES string of the molecule is CCOc1cc(/C=C(/C#N)C(=O)Nc2cccc(Cl)c2Cl)cc(Cl)c1OCc1ccc(Cl)cc1. The van der Waals surface area contributed by atoms with Crippen molar-refractivity contribution < 1.29 is 14.3 Å². The van der Waals surface area contributed by atoms with E-state index in [1.54, 1.807) is 42.5 Å². The number of rotatable bonds is 8. The first-order valence-corrected chi connectivity index (χ1v) is 11.5. The number of nitriles is 1. The summed E-state index contributed by atoms with van der Waals surface area (Å²) >= 11 is 24.5. The van der Waals surface area contributed by atoms with E-state index in [4.69, 9.17) is 55.9 Å². The van der Waals surface area contributed by atoms with Crippen LogP contribution in [0.2, 0.25) is 20.1 Å². The van der Waals surface area contributed by atoms with Gasteiger partial charge in [-0.3, -0.25) is 4.79 Å². The Kier molecular flexibility index (Phi) is 9.09. The van der Waals surface area contributed by atoms with E-state index in [1.807, 2.05) is 25.1 Å². The van der Waals surface area contributed by atoms with Crippen molar-refractivity contribution >= 4 is 64.1 Å². The number of ether oxygens (including phenoxy) is 2. The first kappa shape index (κ1) is 25.7. The minimum absolute atomic E-state index is 0.163. The van der Waals surface area contributed by atoms with Crippen LogP contribution >= 0.6 is 46.4 Å². The highest BCUT2D eigenvalue weighted by atomic mass is 35.5. The third-order valence-electron chi connectivity index (χ3n) is 4.50. The first-order valence-electron chi connectivity index (χ1n) is 10.0. The molecule has 3 aromatic carbocycles. The van der Waals surface area contributed by atoms with E-state index in [9.17, 15) is 10.1 Å². The molecule has 34 heavy (non-hydrogen) atoms. The monoisotopic (exact) mass is 534 g/mol.